The number of aryl methyl sites for hydroxylation is 1. The van der Waals surface area contributed by atoms with Crippen molar-refractivity contribution in [1.29, 1.82) is 0 Å². The quantitative estimate of drug-likeness (QED) is 0.933. The molecule has 1 aliphatic heterocycles. The highest BCUT2D eigenvalue weighted by atomic mass is 35.5. The predicted molar refractivity (Wildman–Crippen MR) is 96.0 cm³/mol. The van der Waals surface area contributed by atoms with E-state index in [0.29, 0.717) is 5.92 Å². The zero-order valence-corrected chi connectivity index (χ0v) is 14.8. The standard InChI is InChI=1S/C16H23N3OS.ClH/c1-11(17)13-4-3-7-19(10-13)9-12-5-6-14-15(8-12)21-16(20)18(14)2;/h5-6,8,11,13H,3-4,7,9-10,17H2,1-2H3;1H. The minimum atomic E-state index is 0. The summed E-state index contributed by atoms with van der Waals surface area (Å²) in [5.41, 5.74) is 8.37. The summed E-state index contributed by atoms with van der Waals surface area (Å²) < 4.78 is 2.80. The van der Waals surface area contributed by atoms with Crippen LogP contribution in [-0.4, -0.2) is 28.6 Å². The van der Waals surface area contributed by atoms with Crippen molar-refractivity contribution in [3.8, 4) is 0 Å². The molecule has 2 atom stereocenters. The van der Waals surface area contributed by atoms with Crippen LogP contribution in [0.1, 0.15) is 25.3 Å². The first-order valence-corrected chi connectivity index (χ1v) is 8.42. The fourth-order valence-corrected chi connectivity index (χ4v) is 4.14. The van der Waals surface area contributed by atoms with Crippen LogP contribution in [0.15, 0.2) is 23.0 Å². The Balaban J connectivity index is 0.00000176. The third-order valence-corrected chi connectivity index (χ3v) is 5.54. The van der Waals surface area contributed by atoms with E-state index in [-0.39, 0.29) is 23.3 Å². The van der Waals surface area contributed by atoms with Gasteiger partial charge in [0.2, 0.25) is 0 Å². The summed E-state index contributed by atoms with van der Waals surface area (Å²) in [5.74, 6) is 0.607. The molecule has 1 aliphatic rings. The maximum Gasteiger partial charge on any atom is 0.307 e. The van der Waals surface area contributed by atoms with Gasteiger partial charge in [0.15, 0.2) is 0 Å². The SMILES string of the molecule is CC(N)C1CCCN(Cc2ccc3c(c2)sc(=O)n3C)C1.Cl. The Morgan fingerprint density at radius 3 is 2.95 bits per heavy atom. The molecule has 0 radical (unpaired) electrons. The van der Waals surface area contributed by atoms with Crippen molar-refractivity contribution in [3.05, 3.63) is 33.4 Å². The van der Waals surface area contributed by atoms with Gasteiger partial charge in [0.25, 0.3) is 0 Å². The lowest BCUT2D eigenvalue weighted by molar-refractivity contribution is 0.154. The molecule has 1 aromatic carbocycles. The second kappa shape index (κ2) is 7.13. The summed E-state index contributed by atoms with van der Waals surface area (Å²) in [6.45, 7) is 5.30. The van der Waals surface area contributed by atoms with Gasteiger partial charge in [-0.05, 0) is 49.9 Å². The minimum absolute atomic E-state index is 0. The predicted octanol–water partition coefficient (Wildman–Crippen LogP) is 2.58. The number of thiazole rings is 1. The molecule has 3 rings (SSSR count). The van der Waals surface area contributed by atoms with E-state index < -0.39 is 0 Å². The van der Waals surface area contributed by atoms with Crippen molar-refractivity contribution in [2.75, 3.05) is 13.1 Å². The summed E-state index contributed by atoms with van der Waals surface area (Å²) in [4.78, 5) is 14.3. The molecule has 0 saturated carbocycles. The summed E-state index contributed by atoms with van der Waals surface area (Å²) >= 11 is 1.33. The number of hydrogen-bond donors (Lipinski definition) is 1. The van der Waals surface area contributed by atoms with Crippen LogP contribution in [0.4, 0.5) is 0 Å². The number of likely N-dealkylation sites (tertiary alicyclic amines) is 1. The van der Waals surface area contributed by atoms with E-state index in [2.05, 4.69) is 30.0 Å². The molecule has 1 fully saturated rings. The van der Waals surface area contributed by atoms with E-state index in [4.69, 9.17) is 5.73 Å². The molecule has 6 heteroatoms. The number of nitrogens with two attached hydrogens (primary N) is 1. The first-order chi connectivity index (χ1) is 10.0. The third-order valence-electron chi connectivity index (χ3n) is 4.55. The normalized spacial score (nSPS) is 20.8. The van der Waals surface area contributed by atoms with Gasteiger partial charge in [0, 0.05) is 26.2 Å². The molecular weight excluding hydrogens is 318 g/mol. The molecule has 22 heavy (non-hydrogen) atoms. The number of benzene rings is 1. The molecule has 4 nitrogen and oxygen atoms in total. The lowest BCUT2D eigenvalue weighted by Crippen LogP contribution is -2.41. The van der Waals surface area contributed by atoms with Gasteiger partial charge >= 0.3 is 4.87 Å². The molecule has 2 aromatic rings. The highest BCUT2D eigenvalue weighted by molar-refractivity contribution is 7.16. The third kappa shape index (κ3) is 3.54. The molecule has 0 aliphatic carbocycles. The lowest BCUT2D eigenvalue weighted by Gasteiger charge is -2.34. The number of nitrogens with zero attached hydrogens (tertiary/aromatic N) is 2. The average Bonchev–Trinajstić information content (AvgIpc) is 2.74. The van der Waals surface area contributed by atoms with Crippen molar-refractivity contribution in [2.24, 2.45) is 18.7 Å². The van der Waals surface area contributed by atoms with Crippen molar-refractivity contribution < 1.29 is 0 Å². The first-order valence-electron chi connectivity index (χ1n) is 7.61. The second-order valence-electron chi connectivity index (χ2n) is 6.23. The number of hydrogen-bond acceptors (Lipinski definition) is 4. The summed E-state index contributed by atoms with van der Waals surface area (Å²) in [5, 5.41) is 0. The Morgan fingerprint density at radius 2 is 2.23 bits per heavy atom. The molecule has 0 spiro atoms. The van der Waals surface area contributed by atoms with Crippen LogP contribution in [0.25, 0.3) is 10.2 Å². The van der Waals surface area contributed by atoms with Crippen molar-refractivity contribution in [2.45, 2.75) is 32.4 Å². The zero-order chi connectivity index (χ0) is 15.0. The van der Waals surface area contributed by atoms with Gasteiger partial charge in [0.1, 0.15) is 0 Å². The molecule has 122 valence electrons. The number of halogens is 1. The number of piperidine rings is 1. The Kier molecular flexibility index (Phi) is 5.66. The Hall–Kier alpha value is -0.880. The maximum absolute atomic E-state index is 11.7. The highest BCUT2D eigenvalue weighted by Gasteiger charge is 2.22. The van der Waals surface area contributed by atoms with E-state index >= 15 is 0 Å². The van der Waals surface area contributed by atoms with E-state index in [0.717, 1.165) is 29.9 Å². The summed E-state index contributed by atoms with van der Waals surface area (Å²) in [6, 6.07) is 6.64. The van der Waals surface area contributed by atoms with Gasteiger partial charge in [-0.1, -0.05) is 17.4 Å². The van der Waals surface area contributed by atoms with Crippen LogP contribution >= 0.6 is 23.7 Å². The molecule has 1 aromatic heterocycles. The Labute approximate surface area is 141 Å². The van der Waals surface area contributed by atoms with Crippen LogP contribution in [0, 0.1) is 5.92 Å². The lowest BCUT2D eigenvalue weighted by atomic mass is 9.92. The average molecular weight is 342 g/mol. The van der Waals surface area contributed by atoms with Gasteiger partial charge in [-0.3, -0.25) is 9.69 Å². The van der Waals surface area contributed by atoms with Crippen molar-refractivity contribution in [3.63, 3.8) is 0 Å². The number of aromatic nitrogens is 1. The first kappa shape index (κ1) is 17.5. The molecule has 0 bridgehead atoms. The Bertz CT molecular complexity index is 694. The van der Waals surface area contributed by atoms with E-state index in [1.54, 1.807) is 4.57 Å². The molecule has 2 heterocycles. The van der Waals surface area contributed by atoms with Crippen molar-refractivity contribution >= 4 is 34.0 Å². The summed E-state index contributed by atoms with van der Waals surface area (Å²) in [6.07, 6.45) is 2.47. The van der Waals surface area contributed by atoms with Crippen molar-refractivity contribution in [1.82, 2.24) is 9.47 Å². The van der Waals surface area contributed by atoms with Crippen LogP contribution in [-0.2, 0) is 13.6 Å². The van der Waals surface area contributed by atoms with E-state index in [9.17, 15) is 4.79 Å². The largest absolute Gasteiger partial charge is 0.328 e. The molecule has 2 N–H and O–H groups in total. The monoisotopic (exact) mass is 341 g/mol. The van der Waals surface area contributed by atoms with E-state index in [1.165, 1.54) is 29.7 Å². The van der Waals surface area contributed by atoms with Crippen LogP contribution in [0.5, 0.6) is 0 Å². The van der Waals surface area contributed by atoms with Crippen LogP contribution in [0.2, 0.25) is 0 Å². The zero-order valence-electron chi connectivity index (χ0n) is 13.1. The fraction of sp³-hybridized carbons (Fsp3) is 0.562. The summed E-state index contributed by atoms with van der Waals surface area (Å²) in [7, 11) is 1.83. The molecule has 1 saturated heterocycles. The van der Waals surface area contributed by atoms with Gasteiger partial charge in [-0.15, -0.1) is 12.4 Å². The van der Waals surface area contributed by atoms with Gasteiger partial charge in [-0.2, -0.15) is 0 Å². The molecule has 0 amide bonds. The minimum Gasteiger partial charge on any atom is -0.328 e. The smallest absolute Gasteiger partial charge is 0.307 e. The fourth-order valence-electron chi connectivity index (χ4n) is 3.20. The molecule has 2 unspecified atom stereocenters. The van der Waals surface area contributed by atoms with Gasteiger partial charge in [-0.25, -0.2) is 0 Å². The number of fused-ring (bicyclic) bond motifs is 1. The van der Waals surface area contributed by atoms with Crippen LogP contribution in [0.3, 0.4) is 0 Å². The second-order valence-corrected chi connectivity index (χ2v) is 7.22. The molecular formula is C16H24ClN3OS. The van der Waals surface area contributed by atoms with Gasteiger partial charge < -0.3 is 10.3 Å². The van der Waals surface area contributed by atoms with E-state index in [1.807, 2.05) is 7.05 Å². The van der Waals surface area contributed by atoms with Gasteiger partial charge in [0.05, 0.1) is 10.2 Å². The van der Waals surface area contributed by atoms with Crippen LogP contribution < -0.4 is 10.6 Å². The Morgan fingerprint density at radius 1 is 1.45 bits per heavy atom. The topological polar surface area (TPSA) is 51.3 Å². The maximum atomic E-state index is 11.7. The number of rotatable bonds is 3. The highest BCUT2D eigenvalue weighted by Crippen LogP contribution is 2.23.